The number of benzene rings is 2. The highest BCUT2D eigenvalue weighted by Crippen LogP contribution is 2.35. The first-order valence-electron chi connectivity index (χ1n) is 11.9. The summed E-state index contributed by atoms with van der Waals surface area (Å²) in [7, 11) is -4.00. The molecular weight excluding hydrogens is 564 g/mol. The highest BCUT2D eigenvalue weighted by molar-refractivity contribution is 7.92. The number of hydrogen-bond donors (Lipinski definition) is 1. The third-order valence-corrected chi connectivity index (χ3v) is 8.44. The van der Waals surface area contributed by atoms with E-state index in [4.69, 9.17) is 34.8 Å². The number of halogens is 4. The van der Waals surface area contributed by atoms with E-state index in [0.29, 0.717) is 5.56 Å². The van der Waals surface area contributed by atoms with Crippen LogP contribution in [-0.4, -0.2) is 50.0 Å². The van der Waals surface area contributed by atoms with E-state index in [1.165, 1.54) is 41.3 Å². The van der Waals surface area contributed by atoms with Gasteiger partial charge in [0, 0.05) is 12.6 Å². The number of sulfonamides is 1. The number of carbonyl (C=O) groups excluding carboxylic acids is 2. The molecule has 1 aliphatic rings. The fraction of sp³-hybridized carbons (Fsp3) is 0.440. The lowest BCUT2D eigenvalue weighted by Crippen LogP contribution is -2.53. The molecule has 37 heavy (non-hydrogen) atoms. The predicted octanol–water partition coefficient (Wildman–Crippen LogP) is 5.42. The molecule has 1 saturated carbocycles. The van der Waals surface area contributed by atoms with Gasteiger partial charge in [0.25, 0.3) is 0 Å². The molecule has 0 spiro atoms. The zero-order valence-corrected chi connectivity index (χ0v) is 23.6. The first-order valence-corrected chi connectivity index (χ1v) is 14.9. The monoisotopic (exact) mass is 591 g/mol. The van der Waals surface area contributed by atoms with Crippen molar-refractivity contribution in [1.29, 1.82) is 0 Å². The van der Waals surface area contributed by atoms with Crippen LogP contribution >= 0.6 is 34.8 Å². The van der Waals surface area contributed by atoms with Crippen LogP contribution in [0.15, 0.2) is 36.4 Å². The molecule has 0 aliphatic heterocycles. The van der Waals surface area contributed by atoms with Crippen LogP contribution in [0.4, 0.5) is 10.1 Å². The molecule has 1 N–H and O–H groups in total. The molecule has 1 atom stereocenters. The lowest BCUT2D eigenvalue weighted by molar-refractivity contribution is -0.140. The van der Waals surface area contributed by atoms with Gasteiger partial charge in [-0.1, -0.05) is 66.7 Å². The number of nitrogens with one attached hydrogen (secondary N) is 1. The standard InChI is InChI=1S/C25H29Cl3FN3O4S/c1-3-22(25(34)30-18-6-4-5-7-18)31(14-16-8-10-17(29)11-9-16)24(33)15-32(37(2,35)36)23-13-20(27)19(26)12-21(23)28/h8-13,18,22H,3-7,14-15H2,1-2H3,(H,30,34)/t22-/m0/s1. The second-order valence-corrected chi connectivity index (χ2v) is 12.2. The van der Waals surface area contributed by atoms with Gasteiger partial charge < -0.3 is 10.2 Å². The smallest absolute Gasteiger partial charge is 0.244 e. The Hall–Kier alpha value is -2.07. The number of rotatable bonds is 10. The first-order chi connectivity index (χ1) is 17.4. The SMILES string of the molecule is CC[C@@H](C(=O)NC1CCCC1)N(Cc1ccc(F)cc1)C(=O)CN(c1cc(Cl)c(Cl)cc1Cl)S(C)(=O)=O. The fourth-order valence-electron chi connectivity index (χ4n) is 4.37. The minimum atomic E-state index is -4.00. The lowest BCUT2D eigenvalue weighted by Gasteiger charge is -2.33. The Morgan fingerprint density at radius 2 is 1.65 bits per heavy atom. The summed E-state index contributed by atoms with van der Waals surface area (Å²) in [5.41, 5.74) is 0.567. The van der Waals surface area contributed by atoms with E-state index >= 15 is 0 Å². The summed E-state index contributed by atoms with van der Waals surface area (Å²) < 4.78 is 39.8. The quantitative estimate of drug-likeness (QED) is 0.374. The molecule has 12 heteroatoms. The van der Waals surface area contributed by atoms with Crippen molar-refractivity contribution in [2.75, 3.05) is 17.1 Å². The number of anilines is 1. The van der Waals surface area contributed by atoms with Gasteiger partial charge in [0.15, 0.2) is 0 Å². The van der Waals surface area contributed by atoms with Crippen molar-refractivity contribution < 1.29 is 22.4 Å². The van der Waals surface area contributed by atoms with Crippen LogP contribution in [0.3, 0.4) is 0 Å². The molecular formula is C25H29Cl3FN3O4S. The molecule has 2 aromatic carbocycles. The van der Waals surface area contributed by atoms with E-state index in [1.807, 2.05) is 0 Å². The Morgan fingerprint density at radius 1 is 1.05 bits per heavy atom. The maximum absolute atomic E-state index is 13.7. The summed E-state index contributed by atoms with van der Waals surface area (Å²) in [5, 5.41) is 3.20. The molecule has 0 aromatic heterocycles. The average Bonchev–Trinajstić information content (AvgIpc) is 3.33. The third-order valence-electron chi connectivity index (χ3n) is 6.29. The molecule has 7 nitrogen and oxygen atoms in total. The Kier molecular flexibility index (Phi) is 10.1. The van der Waals surface area contributed by atoms with E-state index in [1.54, 1.807) is 6.92 Å². The van der Waals surface area contributed by atoms with E-state index < -0.39 is 34.3 Å². The molecule has 202 valence electrons. The van der Waals surface area contributed by atoms with Crippen LogP contribution < -0.4 is 9.62 Å². The normalized spacial score (nSPS) is 14.9. The molecule has 0 radical (unpaired) electrons. The van der Waals surface area contributed by atoms with Gasteiger partial charge in [-0.3, -0.25) is 13.9 Å². The van der Waals surface area contributed by atoms with Gasteiger partial charge in [-0.2, -0.15) is 0 Å². The minimum Gasteiger partial charge on any atom is -0.352 e. The Morgan fingerprint density at radius 3 is 2.22 bits per heavy atom. The molecule has 0 unspecified atom stereocenters. The Balaban J connectivity index is 1.96. The average molecular weight is 593 g/mol. The number of nitrogens with zero attached hydrogens (tertiary/aromatic N) is 2. The van der Waals surface area contributed by atoms with Gasteiger partial charge in [0.2, 0.25) is 21.8 Å². The third kappa shape index (κ3) is 7.72. The van der Waals surface area contributed by atoms with Crippen molar-refractivity contribution in [2.45, 2.75) is 57.7 Å². The van der Waals surface area contributed by atoms with Crippen LogP contribution in [0.25, 0.3) is 0 Å². The summed E-state index contributed by atoms with van der Waals surface area (Å²) in [6.45, 7) is 1.11. The summed E-state index contributed by atoms with van der Waals surface area (Å²) >= 11 is 18.4. The molecule has 1 aliphatic carbocycles. The van der Waals surface area contributed by atoms with Crippen molar-refractivity contribution in [1.82, 2.24) is 10.2 Å². The van der Waals surface area contributed by atoms with Crippen molar-refractivity contribution in [3.8, 4) is 0 Å². The van der Waals surface area contributed by atoms with Crippen molar-refractivity contribution in [3.05, 3.63) is 62.8 Å². The first kappa shape index (κ1) is 29.5. The highest BCUT2D eigenvalue weighted by atomic mass is 35.5. The molecule has 0 bridgehead atoms. The number of hydrogen-bond acceptors (Lipinski definition) is 4. The van der Waals surface area contributed by atoms with E-state index in [-0.39, 0.29) is 45.7 Å². The van der Waals surface area contributed by atoms with Crippen LogP contribution in [0.2, 0.25) is 15.1 Å². The summed E-state index contributed by atoms with van der Waals surface area (Å²) in [6.07, 6.45) is 5.00. The summed E-state index contributed by atoms with van der Waals surface area (Å²) in [6, 6.07) is 7.28. The Bertz CT molecular complexity index is 1240. The molecule has 0 saturated heterocycles. The summed E-state index contributed by atoms with van der Waals surface area (Å²) in [4.78, 5) is 28.3. The molecule has 3 rings (SSSR count). The zero-order chi connectivity index (χ0) is 27.3. The van der Waals surface area contributed by atoms with Crippen molar-refractivity contribution in [3.63, 3.8) is 0 Å². The second-order valence-electron chi connectivity index (χ2n) is 9.05. The topological polar surface area (TPSA) is 86.8 Å². The Labute approximate surface area is 231 Å². The maximum atomic E-state index is 13.7. The zero-order valence-electron chi connectivity index (χ0n) is 20.5. The van der Waals surface area contributed by atoms with Crippen LogP contribution in [0.5, 0.6) is 0 Å². The predicted molar refractivity (Wildman–Crippen MR) is 145 cm³/mol. The van der Waals surface area contributed by atoms with E-state index in [0.717, 1.165) is 36.2 Å². The fourth-order valence-corrected chi connectivity index (χ4v) is 5.92. The molecule has 1 fully saturated rings. The van der Waals surface area contributed by atoms with E-state index in [2.05, 4.69) is 5.32 Å². The van der Waals surface area contributed by atoms with Crippen LogP contribution in [-0.2, 0) is 26.2 Å². The van der Waals surface area contributed by atoms with Crippen LogP contribution in [0, 0.1) is 5.82 Å². The maximum Gasteiger partial charge on any atom is 0.244 e. The van der Waals surface area contributed by atoms with Crippen LogP contribution in [0.1, 0.15) is 44.6 Å². The van der Waals surface area contributed by atoms with Gasteiger partial charge in [-0.15, -0.1) is 0 Å². The van der Waals surface area contributed by atoms with Crippen molar-refractivity contribution >= 4 is 62.3 Å². The van der Waals surface area contributed by atoms with E-state index in [9.17, 15) is 22.4 Å². The minimum absolute atomic E-state index is 0.0104. The number of carbonyl (C=O) groups is 2. The van der Waals surface area contributed by atoms with Gasteiger partial charge in [0.05, 0.1) is 27.0 Å². The van der Waals surface area contributed by atoms with Gasteiger partial charge in [0.1, 0.15) is 18.4 Å². The van der Waals surface area contributed by atoms with Gasteiger partial charge >= 0.3 is 0 Å². The molecule has 2 amide bonds. The highest BCUT2D eigenvalue weighted by Gasteiger charge is 2.33. The molecule has 2 aromatic rings. The summed E-state index contributed by atoms with van der Waals surface area (Å²) in [5.74, 6) is -1.39. The lowest BCUT2D eigenvalue weighted by atomic mass is 10.1. The molecule has 0 heterocycles. The van der Waals surface area contributed by atoms with Crippen molar-refractivity contribution in [2.24, 2.45) is 0 Å². The number of amides is 2. The largest absolute Gasteiger partial charge is 0.352 e. The van der Waals surface area contributed by atoms with Gasteiger partial charge in [-0.05, 0) is 49.1 Å². The van der Waals surface area contributed by atoms with Gasteiger partial charge in [-0.25, -0.2) is 12.8 Å². The second kappa shape index (κ2) is 12.7.